The highest BCUT2D eigenvalue weighted by atomic mass is 16.3. The second-order valence-electron chi connectivity index (χ2n) is 4.47. The van der Waals surface area contributed by atoms with Crippen molar-refractivity contribution < 1.29 is 4.42 Å². The van der Waals surface area contributed by atoms with Crippen LogP contribution in [0.5, 0.6) is 0 Å². The van der Waals surface area contributed by atoms with Gasteiger partial charge in [-0.2, -0.15) is 0 Å². The first-order valence-corrected chi connectivity index (χ1v) is 6.38. The van der Waals surface area contributed by atoms with Crippen LogP contribution in [0, 0.1) is 0 Å². The lowest BCUT2D eigenvalue weighted by atomic mass is 10.0. The van der Waals surface area contributed by atoms with Crippen LogP contribution in [0.2, 0.25) is 0 Å². The molecule has 96 valence electrons. The summed E-state index contributed by atoms with van der Waals surface area (Å²) in [7, 11) is 0. The van der Waals surface area contributed by atoms with Gasteiger partial charge in [0, 0.05) is 18.2 Å². The standard InChI is InChI=1S/C15H20N2O/c16-15(14-5-2-1-3-6-14)7-4-9-17-11-13-8-10-18-12-13/h1-3,5-6,8,10,12,15,17H,4,7,9,11,16H2. The second-order valence-corrected chi connectivity index (χ2v) is 4.47. The molecule has 0 amide bonds. The van der Waals surface area contributed by atoms with Gasteiger partial charge >= 0.3 is 0 Å². The van der Waals surface area contributed by atoms with E-state index in [9.17, 15) is 0 Å². The monoisotopic (exact) mass is 244 g/mol. The van der Waals surface area contributed by atoms with Crippen LogP contribution in [-0.2, 0) is 6.54 Å². The van der Waals surface area contributed by atoms with Gasteiger partial charge in [0.25, 0.3) is 0 Å². The van der Waals surface area contributed by atoms with E-state index in [1.165, 1.54) is 11.1 Å². The van der Waals surface area contributed by atoms with Gasteiger partial charge in [0.15, 0.2) is 0 Å². The van der Waals surface area contributed by atoms with E-state index >= 15 is 0 Å². The van der Waals surface area contributed by atoms with E-state index in [1.807, 2.05) is 24.3 Å². The highest BCUT2D eigenvalue weighted by molar-refractivity contribution is 5.18. The summed E-state index contributed by atoms with van der Waals surface area (Å²) in [5, 5.41) is 3.38. The van der Waals surface area contributed by atoms with Crippen LogP contribution in [0.3, 0.4) is 0 Å². The van der Waals surface area contributed by atoms with Crippen molar-refractivity contribution in [1.29, 1.82) is 0 Å². The highest BCUT2D eigenvalue weighted by Gasteiger charge is 2.04. The molecule has 3 N–H and O–H groups in total. The van der Waals surface area contributed by atoms with Crippen LogP contribution in [0.1, 0.15) is 30.0 Å². The van der Waals surface area contributed by atoms with E-state index < -0.39 is 0 Å². The molecular formula is C15H20N2O. The summed E-state index contributed by atoms with van der Waals surface area (Å²) in [6, 6.07) is 12.4. The minimum atomic E-state index is 0.141. The Morgan fingerprint density at radius 1 is 1.17 bits per heavy atom. The topological polar surface area (TPSA) is 51.2 Å². The summed E-state index contributed by atoms with van der Waals surface area (Å²) in [4.78, 5) is 0. The minimum Gasteiger partial charge on any atom is -0.472 e. The lowest BCUT2D eigenvalue weighted by molar-refractivity contribution is 0.550. The van der Waals surface area contributed by atoms with E-state index in [4.69, 9.17) is 10.2 Å². The molecule has 1 unspecified atom stereocenters. The van der Waals surface area contributed by atoms with Gasteiger partial charge in [0.2, 0.25) is 0 Å². The van der Waals surface area contributed by atoms with Gasteiger partial charge in [-0.1, -0.05) is 30.3 Å². The maximum Gasteiger partial charge on any atom is 0.0947 e. The van der Waals surface area contributed by atoms with Crippen molar-refractivity contribution in [1.82, 2.24) is 5.32 Å². The van der Waals surface area contributed by atoms with E-state index in [0.29, 0.717) is 0 Å². The molecule has 2 rings (SSSR count). The zero-order chi connectivity index (χ0) is 12.6. The summed E-state index contributed by atoms with van der Waals surface area (Å²) >= 11 is 0. The van der Waals surface area contributed by atoms with Gasteiger partial charge < -0.3 is 15.5 Å². The Bertz CT molecular complexity index is 425. The van der Waals surface area contributed by atoms with Crippen molar-refractivity contribution in [3.8, 4) is 0 Å². The number of rotatable bonds is 7. The Morgan fingerprint density at radius 2 is 2.00 bits per heavy atom. The van der Waals surface area contributed by atoms with Crippen molar-refractivity contribution in [2.45, 2.75) is 25.4 Å². The average Bonchev–Trinajstić information content (AvgIpc) is 2.92. The van der Waals surface area contributed by atoms with Crippen molar-refractivity contribution in [2.75, 3.05) is 6.54 Å². The summed E-state index contributed by atoms with van der Waals surface area (Å²) in [5.74, 6) is 0. The minimum absolute atomic E-state index is 0.141. The Hall–Kier alpha value is -1.58. The van der Waals surface area contributed by atoms with E-state index in [0.717, 1.165) is 25.9 Å². The molecule has 1 aromatic carbocycles. The van der Waals surface area contributed by atoms with E-state index in [-0.39, 0.29) is 6.04 Å². The zero-order valence-electron chi connectivity index (χ0n) is 10.5. The SMILES string of the molecule is NC(CCCNCc1ccoc1)c1ccccc1. The zero-order valence-corrected chi connectivity index (χ0v) is 10.5. The number of hydrogen-bond donors (Lipinski definition) is 2. The second kappa shape index (κ2) is 6.99. The molecule has 1 atom stereocenters. The van der Waals surface area contributed by atoms with Gasteiger partial charge in [-0.05, 0) is 31.0 Å². The van der Waals surface area contributed by atoms with Crippen molar-refractivity contribution >= 4 is 0 Å². The van der Waals surface area contributed by atoms with E-state index in [2.05, 4.69) is 17.4 Å². The molecule has 0 saturated heterocycles. The molecule has 0 saturated carbocycles. The number of benzene rings is 1. The third-order valence-electron chi connectivity index (χ3n) is 3.01. The molecule has 0 aliphatic heterocycles. The van der Waals surface area contributed by atoms with Crippen LogP contribution in [-0.4, -0.2) is 6.54 Å². The lowest BCUT2D eigenvalue weighted by Crippen LogP contribution is -2.17. The first-order valence-electron chi connectivity index (χ1n) is 6.38. The number of nitrogens with two attached hydrogens (primary N) is 1. The number of nitrogens with one attached hydrogen (secondary N) is 1. The fourth-order valence-corrected chi connectivity index (χ4v) is 1.94. The molecule has 18 heavy (non-hydrogen) atoms. The molecule has 0 spiro atoms. The van der Waals surface area contributed by atoms with Gasteiger partial charge in [-0.25, -0.2) is 0 Å². The van der Waals surface area contributed by atoms with Crippen LogP contribution in [0.15, 0.2) is 53.3 Å². The normalized spacial score (nSPS) is 12.5. The summed E-state index contributed by atoms with van der Waals surface area (Å²) in [6.45, 7) is 1.84. The molecule has 0 aliphatic carbocycles. The van der Waals surface area contributed by atoms with Gasteiger partial charge in [0.1, 0.15) is 0 Å². The van der Waals surface area contributed by atoms with Crippen LogP contribution >= 0.6 is 0 Å². The Labute approximate surface area is 108 Å². The predicted octanol–water partition coefficient (Wildman–Crippen LogP) is 2.85. The van der Waals surface area contributed by atoms with Gasteiger partial charge in [0.05, 0.1) is 12.5 Å². The molecule has 0 bridgehead atoms. The average molecular weight is 244 g/mol. The Balaban J connectivity index is 1.61. The van der Waals surface area contributed by atoms with Gasteiger partial charge in [-0.3, -0.25) is 0 Å². The van der Waals surface area contributed by atoms with Gasteiger partial charge in [-0.15, -0.1) is 0 Å². The molecule has 3 nitrogen and oxygen atoms in total. The maximum absolute atomic E-state index is 6.13. The maximum atomic E-state index is 6.13. The van der Waals surface area contributed by atoms with Crippen LogP contribution in [0.4, 0.5) is 0 Å². The highest BCUT2D eigenvalue weighted by Crippen LogP contribution is 2.14. The molecule has 0 aliphatic rings. The fraction of sp³-hybridized carbons (Fsp3) is 0.333. The summed E-state index contributed by atoms with van der Waals surface area (Å²) < 4.78 is 5.01. The van der Waals surface area contributed by atoms with Crippen LogP contribution < -0.4 is 11.1 Å². The Kier molecular flexibility index (Phi) is 5.00. The molecule has 0 radical (unpaired) electrons. The number of furan rings is 1. The molecule has 3 heteroatoms. The summed E-state index contributed by atoms with van der Waals surface area (Å²) in [6.07, 6.45) is 5.54. The fourth-order valence-electron chi connectivity index (χ4n) is 1.94. The number of hydrogen-bond acceptors (Lipinski definition) is 3. The predicted molar refractivity (Wildman–Crippen MR) is 73.0 cm³/mol. The molecule has 2 aromatic rings. The van der Waals surface area contributed by atoms with E-state index in [1.54, 1.807) is 12.5 Å². The van der Waals surface area contributed by atoms with Crippen molar-refractivity contribution in [3.05, 3.63) is 60.1 Å². The third kappa shape index (κ3) is 4.02. The van der Waals surface area contributed by atoms with Crippen molar-refractivity contribution in [3.63, 3.8) is 0 Å². The molecule has 0 fully saturated rings. The largest absolute Gasteiger partial charge is 0.472 e. The van der Waals surface area contributed by atoms with Crippen molar-refractivity contribution in [2.24, 2.45) is 5.73 Å². The third-order valence-corrected chi connectivity index (χ3v) is 3.01. The quantitative estimate of drug-likeness (QED) is 0.736. The molecule has 1 heterocycles. The lowest BCUT2D eigenvalue weighted by Gasteiger charge is -2.11. The smallest absolute Gasteiger partial charge is 0.0947 e. The Morgan fingerprint density at radius 3 is 2.72 bits per heavy atom. The summed E-state index contributed by atoms with van der Waals surface area (Å²) in [5.41, 5.74) is 8.53. The molecule has 1 aromatic heterocycles. The first kappa shape index (κ1) is 12.9. The van der Waals surface area contributed by atoms with Crippen LogP contribution in [0.25, 0.3) is 0 Å². The molecular weight excluding hydrogens is 224 g/mol. The first-order chi connectivity index (χ1) is 8.86.